The zero-order valence-electron chi connectivity index (χ0n) is 28.0. The number of hydrogen-bond donors (Lipinski definition) is 2. The third kappa shape index (κ3) is 12.1. The minimum atomic E-state index is -0.450. The number of pyridine rings is 1. The molecule has 244 valence electrons. The van der Waals surface area contributed by atoms with Gasteiger partial charge in [-0.05, 0) is 84.1 Å². The van der Waals surface area contributed by atoms with Gasteiger partial charge in [-0.3, -0.25) is 14.6 Å². The number of aryl methyl sites for hydroxylation is 1. The normalized spacial score (nSPS) is 16.5. The van der Waals surface area contributed by atoms with E-state index < -0.39 is 5.91 Å². The van der Waals surface area contributed by atoms with Gasteiger partial charge in [0.25, 0.3) is 5.91 Å². The Bertz CT molecular complexity index is 1240. The van der Waals surface area contributed by atoms with Gasteiger partial charge in [-0.1, -0.05) is 40.2 Å². The van der Waals surface area contributed by atoms with Crippen molar-refractivity contribution in [2.75, 3.05) is 25.1 Å². The number of nitrogens with zero attached hydrogens (tertiary/aromatic N) is 2. The number of aromatic nitrogens is 2. The van der Waals surface area contributed by atoms with Gasteiger partial charge in [-0.15, -0.1) is 11.3 Å². The molecule has 0 radical (unpaired) electrons. The van der Waals surface area contributed by atoms with Crippen molar-refractivity contribution in [3.05, 3.63) is 52.9 Å². The highest BCUT2D eigenvalue weighted by Gasteiger charge is 2.39. The standard InChI is InChI=1S/C23H28N4O4S.C11H24O/c1-5-8-18(31-19(6-2)23(4)13-30-14-23)21(29)24-11-20(28)27-22-26-17(12-32-22)16-10-7-9-15(3)25-16;1-6-9(3)8-11(5)12-10(4)7-2/h6-10,12H,5,11,13-14H2,1-4H3,(H,24,29)(H,26,27,28);9-11H,6-8H2,1-5H3/b18-8+,19-6-;. The van der Waals surface area contributed by atoms with Crippen molar-refractivity contribution in [1.82, 2.24) is 15.3 Å². The van der Waals surface area contributed by atoms with Crippen LogP contribution in [0.4, 0.5) is 5.13 Å². The van der Waals surface area contributed by atoms with Crippen LogP contribution in [0.25, 0.3) is 11.4 Å². The lowest BCUT2D eigenvalue weighted by molar-refractivity contribution is -0.126. The molecule has 3 heterocycles. The second-order valence-corrected chi connectivity index (χ2v) is 12.5. The maximum Gasteiger partial charge on any atom is 0.287 e. The van der Waals surface area contributed by atoms with Gasteiger partial charge in [0.05, 0.1) is 43.1 Å². The summed E-state index contributed by atoms with van der Waals surface area (Å²) in [4.78, 5) is 33.8. The first-order valence-electron chi connectivity index (χ1n) is 15.7. The molecule has 0 spiro atoms. The van der Waals surface area contributed by atoms with E-state index in [0.29, 0.717) is 48.4 Å². The molecular formula is C34H52N4O5S. The SMILES string of the molecule is C/C=C(\O/C(=C/CC)C(=O)NCC(=O)Nc1nc(-c2cccc(C)n2)cs1)C1(C)COC1.CCC(C)CC(C)OC(C)CC. The molecule has 3 rings (SSSR count). The van der Waals surface area contributed by atoms with Gasteiger partial charge in [-0.25, -0.2) is 4.98 Å². The number of allylic oxidation sites excluding steroid dienone is 2. The second kappa shape index (κ2) is 18.7. The quantitative estimate of drug-likeness (QED) is 0.156. The van der Waals surface area contributed by atoms with Crippen molar-refractivity contribution in [3.8, 4) is 11.4 Å². The molecule has 1 fully saturated rings. The molecular weight excluding hydrogens is 576 g/mol. The van der Waals surface area contributed by atoms with Crippen molar-refractivity contribution in [1.29, 1.82) is 0 Å². The Balaban J connectivity index is 0.000000477. The van der Waals surface area contributed by atoms with Gasteiger partial charge in [0.1, 0.15) is 11.5 Å². The number of anilines is 1. The van der Waals surface area contributed by atoms with Crippen molar-refractivity contribution >= 4 is 28.3 Å². The Labute approximate surface area is 267 Å². The monoisotopic (exact) mass is 628 g/mol. The Morgan fingerprint density at radius 2 is 1.82 bits per heavy atom. The fourth-order valence-corrected chi connectivity index (χ4v) is 5.11. The molecule has 0 aromatic carbocycles. The zero-order chi connectivity index (χ0) is 32.7. The summed E-state index contributed by atoms with van der Waals surface area (Å²) in [6.07, 6.45) is 8.57. The third-order valence-electron chi connectivity index (χ3n) is 7.31. The van der Waals surface area contributed by atoms with Crippen LogP contribution in [-0.2, 0) is 23.8 Å². The van der Waals surface area contributed by atoms with E-state index in [1.807, 2.05) is 57.4 Å². The predicted octanol–water partition coefficient (Wildman–Crippen LogP) is 7.45. The molecule has 44 heavy (non-hydrogen) atoms. The fraction of sp³-hybridized carbons (Fsp3) is 0.588. The number of rotatable bonds is 15. The number of amides is 2. The lowest BCUT2D eigenvalue weighted by Crippen LogP contribution is -2.42. The topological polar surface area (TPSA) is 112 Å². The number of carbonyl (C=O) groups is 2. The smallest absolute Gasteiger partial charge is 0.287 e. The summed E-state index contributed by atoms with van der Waals surface area (Å²) in [5.41, 5.74) is 2.08. The summed E-state index contributed by atoms with van der Waals surface area (Å²) < 4.78 is 17.0. The highest BCUT2D eigenvalue weighted by Crippen LogP contribution is 2.36. The largest absolute Gasteiger partial charge is 0.456 e. The minimum Gasteiger partial charge on any atom is -0.456 e. The Morgan fingerprint density at radius 1 is 1.09 bits per heavy atom. The second-order valence-electron chi connectivity index (χ2n) is 11.6. The number of hydrogen-bond acceptors (Lipinski definition) is 8. The molecule has 9 nitrogen and oxygen atoms in total. The summed E-state index contributed by atoms with van der Waals surface area (Å²) in [5, 5.41) is 7.59. The van der Waals surface area contributed by atoms with Crippen LogP contribution in [0.2, 0.25) is 0 Å². The minimum absolute atomic E-state index is 0.170. The van der Waals surface area contributed by atoms with E-state index in [4.69, 9.17) is 14.2 Å². The van der Waals surface area contributed by atoms with Crippen LogP contribution in [0.1, 0.15) is 86.8 Å². The number of thiazole rings is 1. The molecule has 1 aliphatic rings. The lowest BCUT2D eigenvalue weighted by atomic mass is 9.86. The molecule has 1 saturated heterocycles. The van der Waals surface area contributed by atoms with Gasteiger partial charge in [0.2, 0.25) is 5.91 Å². The summed E-state index contributed by atoms with van der Waals surface area (Å²) >= 11 is 1.30. The van der Waals surface area contributed by atoms with Gasteiger partial charge in [-0.2, -0.15) is 0 Å². The first kappa shape index (κ1) is 37.1. The average Bonchev–Trinajstić information content (AvgIpc) is 3.45. The number of ether oxygens (including phenoxy) is 3. The highest BCUT2D eigenvalue weighted by atomic mass is 32.1. The fourth-order valence-electron chi connectivity index (χ4n) is 4.39. The third-order valence-corrected chi connectivity index (χ3v) is 8.07. The summed E-state index contributed by atoms with van der Waals surface area (Å²) in [5.74, 6) is 0.822. The molecule has 0 saturated carbocycles. The first-order valence-corrected chi connectivity index (χ1v) is 16.6. The molecule has 3 atom stereocenters. The molecule has 2 aromatic rings. The van der Waals surface area contributed by atoms with Crippen molar-refractivity contribution in [2.45, 2.75) is 100 Å². The van der Waals surface area contributed by atoms with Crippen LogP contribution in [0.15, 0.2) is 47.2 Å². The van der Waals surface area contributed by atoms with Gasteiger partial charge < -0.3 is 24.8 Å². The maximum atomic E-state index is 12.6. The first-order chi connectivity index (χ1) is 20.9. The molecule has 3 unspecified atom stereocenters. The van der Waals surface area contributed by atoms with Crippen LogP contribution in [0.5, 0.6) is 0 Å². The summed E-state index contributed by atoms with van der Waals surface area (Å²) in [6.45, 7) is 19.6. The van der Waals surface area contributed by atoms with E-state index >= 15 is 0 Å². The van der Waals surface area contributed by atoms with Gasteiger partial charge in [0, 0.05) is 11.1 Å². The summed E-state index contributed by atoms with van der Waals surface area (Å²) in [7, 11) is 0. The van der Waals surface area contributed by atoms with E-state index in [0.717, 1.165) is 23.7 Å². The van der Waals surface area contributed by atoms with E-state index in [9.17, 15) is 9.59 Å². The molecule has 2 N–H and O–H groups in total. The van der Waals surface area contributed by atoms with Crippen LogP contribution in [0.3, 0.4) is 0 Å². The number of nitrogens with one attached hydrogen (secondary N) is 2. The molecule has 1 aliphatic heterocycles. The molecule has 2 amide bonds. The van der Waals surface area contributed by atoms with Gasteiger partial charge in [0.15, 0.2) is 10.9 Å². The van der Waals surface area contributed by atoms with Crippen molar-refractivity contribution in [3.63, 3.8) is 0 Å². The molecule has 10 heteroatoms. The average molecular weight is 629 g/mol. The molecule has 0 bridgehead atoms. The molecule has 2 aromatic heterocycles. The lowest BCUT2D eigenvalue weighted by Gasteiger charge is -2.39. The highest BCUT2D eigenvalue weighted by molar-refractivity contribution is 7.14. The zero-order valence-corrected chi connectivity index (χ0v) is 28.8. The van der Waals surface area contributed by atoms with Crippen LogP contribution < -0.4 is 10.6 Å². The van der Waals surface area contributed by atoms with E-state index in [-0.39, 0.29) is 23.6 Å². The Kier molecular flexibility index (Phi) is 15.7. The van der Waals surface area contributed by atoms with E-state index in [1.54, 1.807) is 6.08 Å². The Hall–Kier alpha value is -3.08. The van der Waals surface area contributed by atoms with E-state index in [1.165, 1.54) is 24.2 Å². The van der Waals surface area contributed by atoms with Crippen LogP contribution >= 0.6 is 11.3 Å². The van der Waals surface area contributed by atoms with Crippen LogP contribution in [0, 0.1) is 18.3 Å². The van der Waals surface area contributed by atoms with Crippen molar-refractivity contribution in [2.24, 2.45) is 11.3 Å². The predicted molar refractivity (Wildman–Crippen MR) is 178 cm³/mol. The number of carbonyl (C=O) groups excluding carboxylic acids is 2. The summed E-state index contributed by atoms with van der Waals surface area (Å²) in [6, 6.07) is 5.68. The maximum absolute atomic E-state index is 12.6. The van der Waals surface area contributed by atoms with E-state index in [2.05, 4.69) is 55.2 Å². The Morgan fingerprint density at radius 3 is 2.39 bits per heavy atom. The van der Waals surface area contributed by atoms with Gasteiger partial charge >= 0.3 is 0 Å². The van der Waals surface area contributed by atoms with Crippen molar-refractivity contribution < 1.29 is 23.8 Å². The molecule has 0 aliphatic carbocycles. The van der Waals surface area contributed by atoms with Crippen LogP contribution in [-0.4, -0.2) is 53.7 Å².